The number of aryl methyl sites for hydroxylation is 3. The van der Waals surface area contributed by atoms with Crippen LogP contribution in [0.25, 0.3) is 21.7 Å². The third-order valence-corrected chi connectivity index (χ3v) is 5.60. The third kappa shape index (κ3) is 3.10. The fourth-order valence-electron chi connectivity index (χ4n) is 4.21. The number of fused-ring (bicyclic) bond motifs is 4. The summed E-state index contributed by atoms with van der Waals surface area (Å²) in [6.45, 7) is 0. The van der Waals surface area contributed by atoms with Crippen molar-refractivity contribution in [3.63, 3.8) is 0 Å². The Hall–Kier alpha value is -3.41. The maximum absolute atomic E-state index is 12.7. The highest BCUT2D eigenvalue weighted by atomic mass is 16.3. The molecular weight excluding hydrogens is 366 g/mol. The van der Waals surface area contributed by atoms with E-state index in [2.05, 4.69) is 10.4 Å². The van der Waals surface area contributed by atoms with Gasteiger partial charge in [-0.05, 0) is 37.5 Å². The largest absolute Gasteiger partial charge is 0.461 e. The van der Waals surface area contributed by atoms with Crippen molar-refractivity contribution in [2.75, 3.05) is 5.32 Å². The number of nitrogens with zero attached hydrogens (tertiary/aromatic N) is 2. The number of anilines is 1. The molecule has 29 heavy (non-hydrogen) atoms. The number of hydrogen-bond donors (Lipinski definition) is 1. The molecule has 5 rings (SSSR count). The van der Waals surface area contributed by atoms with E-state index in [1.54, 1.807) is 13.1 Å². The molecule has 0 fully saturated rings. The lowest BCUT2D eigenvalue weighted by atomic mass is 9.96. The Bertz CT molecular complexity index is 1320. The van der Waals surface area contributed by atoms with Crippen molar-refractivity contribution in [2.24, 2.45) is 7.05 Å². The van der Waals surface area contributed by atoms with Crippen LogP contribution in [0.15, 0.2) is 51.7 Å². The number of carbonyl (C=O) groups excluding carboxylic acids is 1. The first-order valence-corrected chi connectivity index (χ1v) is 9.89. The van der Waals surface area contributed by atoms with Crippen LogP contribution in [0.3, 0.4) is 0 Å². The van der Waals surface area contributed by atoms with E-state index >= 15 is 0 Å². The Morgan fingerprint density at radius 2 is 1.90 bits per heavy atom. The van der Waals surface area contributed by atoms with Crippen LogP contribution < -0.4 is 10.9 Å². The van der Waals surface area contributed by atoms with Crippen molar-refractivity contribution in [1.82, 2.24) is 9.78 Å². The van der Waals surface area contributed by atoms with Gasteiger partial charge in [0, 0.05) is 41.6 Å². The van der Waals surface area contributed by atoms with Gasteiger partial charge >= 0.3 is 0 Å². The molecule has 2 aromatic heterocycles. The summed E-state index contributed by atoms with van der Waals surface area (Å²) >= 11 is 0. The van der Waals surface area contributed by atoms with Gasteiger partial charge in [0.2, 0.25) is 5.91 Å². The van der Waals surface area contributed by atoms with Crippen molar-refractivity contribution >= 4 is 33.3 Å². The summed E-state index contributed by atoms with van der Waals surface area (Å²) in [7, 11) is 1.60. The molecule has 146 valence electrons. The quantitative estimate of drug-likeness (QED) is 0.581. The molecule has 0 radical (unpaired) electrons. The van der Waals surface area contributed by atoms with E-state index in [9.17, 15) is 9.59 Å². The van der Waals surface area contributed by atoms with Crippen molar-refractivity contribution in [3.05, 3.63) is 69.8 Å². The summed E-state index contributed by atoms with van der Waals surface area (Å²) in [4.78, 5) is 24.9. The monoisotopic (exact) mass is 387 g/mol. The highest BCUT2D eigenvalue weighted by Gasteiger charge is 2.18. The lowest BCUT2D eigenvalue weighted by Crippen LogP contribution is -2.24. The van der Waals surface area contributed by atoms with Gasteiger partial charge in [0.1, 0.15) is 11.3 Å². The van der Waals surface area contributed by atoms with Gasteiger partial charge in [-0.1, -0.05) is 18.2 Å². The molecule has 0 atom stereocenters. The molecule has 6 nitrogen and oxygen atoms in total. The molecule has 1 amide bonds. The number of furan rings is 1. The number of carbonyl (C=O) groups is 1. The Kier molecular flexibility index (Phi) is 4.19. The molecular formula is C23H21N3O3. The molecule has 0 bridgehead atoms. The van der Waals surface area contributed by atoms with E-state index < -0.39 is 0 Å². The van der Waals surface area contributed by atoms with Gasteiger partial charge in [-0.25, -0.2) is 4.68 Å². The van der Waals surface area contributed by atoms with Crippen LogP contribution in [0.1, 0.15) is 29.9 Å². The Morgan fingerprint density at radius 3 is 2.76 bits per heavy atom. The molecule has 0 saturated carbocycles. The number of hydrogen-bond acceptors (Lipinski definition) is 4. The third-order valence-electron chi connectivity index (χ3n) is 5.60. The summed E-state index contributed by atoms with van der Waals surface area (Å²) in [5.41, 5.74) is 3.24. The van der Waals surface area contributed by atoms with Gasteiger partial charge in [0.15, 0.2) is 0 Å². The van der Waals surface area contributed by atoms with Crippen LogP contribution in [-0.2, 0) is 31.1 Å². The van der Waals surface area contributed by atoms with Gasteiger partial charge in [0.05, 0.1) is 17.5 Å². The number of benzene rings is 2. The highest BCUT2D eigenvalue weighted by Crippen LogP contribution is 2.33. The van der Waals surface area contributed by atoms with Crippen molar-refractivity contribution in [1.29, 1.82) is 0 Å². The van der Waals surface area contributed by atoms with Crippen LogP contribution in [0, 0.1) is 0 Å². The Balaban J connectivity index is 1.42. The van der Waals surface area contributed by atoms with Crippen LogP contribution in [0.5, 0.6) is 0 Å². The van der Waals surface area contributed by atoms with E-state index in [1.165, 1.54) is 16.7 Å². The SMILES string of the molecule is Cn1nc(CC(=O)Nc2ccc3c4c(oc3c2)CCCC4)c2ccccc2c1=O. The van der Waals surface area contributed by atoms with Crippen LogP contribution in [0.2, 0.25) is 0 Å². The summed E-state index contributed by atoms with van der Waals surface area (Å²) in [5.74, 6) is 0.896. The van der Waals surface area contributed by atoms with E-state index in [4.69, 9.17) is 4.42 Å². The van der Waals surface area contributed by atoms with Crippen molar-refractivity contribution < 1.29 is 9.21 Å². The Morgan fingerprint density at radius 1 is 1.10 bits per heavy atom. The van der Waals surface area contributed by atoms with Crippen LogP contribution in [-0.4, -0.2) is 15.7 Å². The zero-order chi connectivity index (χ0) is 20.0. The minimum absolute atomic E-state index is 0.0846. The zero-order valence-electron chi connectivity index (χ0n) is 16.2. The zero-order valence-corrected chi connectivity index (χ0v) is 16.2. The van der Waals surface area contributed by atoms with Gasteiger partial charge in [-0.3, -0.25) is 9.59 Å². The van der Waals surface area contributed by atoms with E-state index in [1.807, 2.05) is 36.4 Å². The number of rotatable bonds is 3. The van der Waals surface area contributed by atoms with Gasteiger partial charge in [0.25, 0.3) is 5.56 Å². The molecule has 2 heterocycles. The van der Waals surface area contributed by atoms with Crippen molar-refractivity contribution in [3.8, 4) is 0 Å². The highest BCUT2D eigenvalue weighted by molar-refractivity contribution is 5.97. The van der Waals surface area contributed by atoms with Gasteiger partial charge < -0.3 is 9.73 Å². The fourth-order valence-corrected chi connectivity index (χ4v) is 4.21. The first kappa shape index (κ1) is 17.7. The predicted octanol–water partition coefficient (Wildman–Crippen LogP) is 3.74. The van der Waals surface area contributed by atoms with E-state index in [0.717, 1.165) is 36.0 Å². The molecule has 0 spiro atoms. The topological polar surface area (TPSA) is 77.1 Å². The number of amides is 1. The van der Waals surface area contributed by atoms with Crippen LogP contribution >= 0.6 is 0 Å². The minimum Gasteiger partial charge on any atom is -0.461 e. The average molecular weight is 387 g/mol. The van der Waals surface area contributed by atoms with E-state index in [0.29, 0.717) is 22.2 Å². The number of aromatic nitrogens is 2. The van der Waals surface area contributed by atoms with Crippen LogP contribution in [0.4, 0.5) is 5.69 Å². The maximum Gasteiger partial charge on any atom is 0.274 e. The summed E-state index contributed by atoms with van der Waals surface area (Å²) < 4.78 is 7.30. The first-order chi connectivity index (χ1) is 14.1. The predicted molar refractivity (Wildman–Crippen MR) is 112 cm³/mol. The van der Waals surface area contributed by atoms with Gasteiger partial charge in [-0.2, -0.15) is 5.10 Å². The second kappa shape index (κ2) is 6.88. The molecule has 4 aromatic rings. The molecule has 2 aromatic carbocycles. The van der Waals surface area contributed by atoms with Gasteiger partial charge in [-0.15, -0.1) is 0 Å². The summed E-state index contributed by atoms with van der Waals surface area (Å²) in [5, 5.41) is 9.65. The second-order valence-electron chi connectivity index (χ2n) is 7.57. The average Bonchev–Trinajstić information content (AvgIpc) is 3.09. The standard InChI is InChI=1S/C23H21N3O3/c1-26-23(28)18-8-3-2-6-15(18)19(25-26)13-22(27)24-14-10-11-17-16-7-4-5-9-20(16)29-21(17)12-14/h2-3,6,8,10-12H,4-5,7,9,13H2,1H3,(H,24,27). The smallest absolute Gasteiger partial charge is 0.274 e. The molecule has 6 heteroatoms. The fraction of sp³-hybridized carbons (Fsp3) is 0.261. The first-order valence-electron chi connectivity index (χ1n) is 9.89. The number of nitrogens with one attached hydrogen (secondary N) is 1. The minimum atomic E-state index is -0.183. The molecule has 1 aliphatic rings. The molecule has 1 aliphatic carbocycles. The molecule has 0 unspecified atom stereocenters. The molecule has 1 N–H and O–H groups in total. The molecule has 0 saturated heterocycles. The van der Waals surface area contributed by atoms with E-state index in [-0.39, 0.29) is 17.9 Å². The lowest BCUT2D eigenvalue weighted by molar-refractivity contribution is -0.115. The normalized spacial score (nSPS) is 13.6. The second-order valence-corrected chi connectivity index (χ2v) is 7.57. The Labute approximate surface area is 167 Å². The lowest BCUT2D eigenvalue weighted by Gasteiger charge is -2.09. The molecule has 0 aliphatic heterocycles. The van der Waals surface area contributed by atoms with Crippen molar-refractivity contribution in [2.45, 2.75) is 32.1 Å². The summed E-state index contributed by atoms with van der Waals surface area (Å²) in [6.07, 6.45) is 4.48. The maximum atomic E-state index is 12.7. The summed E-state index contributed by atoms with van der Waals surface area (Å²) in [6, 6.07) is 13.1.